The Bertz CT molecular complexity index is 581. The lowest BCUT2D eigenvalue weighted by Gasteiger charge is -2.08. The zero-order chi connectivity index (χ0) is 21.9. The smallest absolute Gasteiger partial charge is 0.305 e. The molecule has 0 radical (unpaired) electrons. The molecule has 0 saturated carbocycles. The molecule has 30 heavy (non-hydrogen) atoms. The summed E-state index contributed by atoms with van der Waals surface area (Å²) in [5, 5.41) is 19.0. The lowest BCUT2D eigenvalue weighted by atomic mass is 10.3. The molecule has 0 heterocycles. The predicted octanol–water partition coefficient (Wildman–Crippen LogP) is 1.53. The molecule has 11 nitrogen and oxygen atoms in total. The highest BCUT2D eigenvalue weighted by atomic mass is 16.6. The monoisotopic (exact) mass is 431 g/mol. The first-order valence-electron chi connectivity index (χ1n) is 9.57. The van der Waals surface area contributed by atoms with E-state index in [2.05, 4.69) is 0 Å². The molecule has 1 aromatic rings. The van der Waals surface area contributed by atoms with Gasteiger partial charge in [-0.1, -0.05) is 0 Å². The zero-order valence-corrected chi connectivity index (χ0v) is 16.9. The van der Waals surface area contributed by atoms with Crippen LogP contribution in [-0.4, -0.2) is 88.7 Å². The molecular weight excluding hydrogens is 402 g/mol. The Morgan fingerprint density at radius 1 is 0.733 bits per heavy atom. The van der Waals surface area contributed by atoms with E-state index >= 15 is 0 Å². The molecule has 0 atom stereocenters. The van der Waals surface area contributed by atoms with Gasteiger partial charge in [0, 0.05) is 12.1 Å². The summed E-state index contributed by atoms with van der Waals surface area (Å²) in [6.45, 7) is 4.28. The van der Waals surface area contributed by atoms with E-state index < -0.39 is 10.9 Å². The Kier molecular flexibility index (Phi) is 15.0. The van der Waals surface area contributed by atoms with Gasteiger partial charge in [-0.15, -0.1) is 0 Å². The van der Waals surface area contributed by atoms with Gasteiger partial charge >= 0.3 is 5.97 Å². The van der Waals surface area contributed by atoms with Gasteiger partial charge in [0.2, 0.25) is 0 Å². The van der Waals surface area contributed by atoms with Crippen LogP contribution in [0.1, 0.15) is 6.42 Å². The van der Waals surface area contributed by atoms with Crippen LogP contribution in [-0.2, 0) is 28.5 Å². The number of carboxylic acids is 1. The topological polar surface area (TPSA) is 136 Å². The minimum absolute atomic E-state index is 0.00981. The summed E-state index contributed by atoms with van der Waals surface area (Å²) in [4.78, 5) is 20.4. The van der Waals surface area contributed by atoms with E-state index in [4.69, 9.17) is 33.5 Å². The summed E-state index contributed by atoms with van der Waals surface area (Å²) in [6, 6.07) is 5.86. The van der Waals surface area contributed by atoms with Crippen LogP contribution in [0.3, 0.4) is 0 Å². The van der Waals surface area contributed by atoms with Crippen LogP contribution in [0.2, 0.25) is 0 Å². The molecule has 0 spiro atoms. The number of benzene rings is 1. The molecule has 0 bridgehead atoms. The molecule has 0 aliphatic heterocycles. The number of ether oxygens (including phenoxy) is 6. The highest BCUT2D eigenvalue weighted by Crippen LogP contribution is 2.16. The SMILES string of the molecule is O=C(O)CCOCCOCCOCCOCCOCCOc1ccc([N+](=O)[O-])cc1. The molecule has 0 aliphatic carbocycles. The van der Waals surface area contributed by atoms with Gasteiger partial charge < -0.3 is 33.5 Å². The molecule has 0 fully saturated rings. The quantitative estimate of drug-likeness (QED) is 0.184. The van der Waals surface area contributed by atoms with E-state index in [-0.39, 0.29) is 18.7 Å². The summed E-state index contributed by atoms with van der Waals surface area (Å²) < 4.78 is 31.8. The molecule has 0 aliphatic rings. The Morgan fingerprint density at radius 3 is 1.53 bits per heavy atom. The second kappa shape index (κ2) is 17.5. The standard InChI is InChI=1S/C19H29NO10/c21-19(22)5-6-25-7-8-26-9-10-27-11-12-28-13-14-29-15-16-30-18-3-1-17(2-4-18)20(23)24/h1-4H,5-16H2,(H,21,22). The van der Waals surface area contributed by atoms with Crippen LogP contribution in [0.4, 0.5) is 5.69 Å². The van der Waals surface area contributed by atoms with Crippen molar-refractivity contribution in [2.75, 3.05) is 72.7 Å². The lowest BCUT2D eigenvalue weighted by molar-refractivity contribution is -0.384. The molecule has 0 unspecified atom stereocenters. The van der Waals surface area contributed by atoms with Gasteiger partial charge in [0.05, 0.1) is 77.4 Å². The first kappa shape index (κ1) is 25.7. The van der Waals surface area contributed by atoms with E-state index in [1.54, 1.807) is 12.1 Å². The number of hydrogen-bond acceptors (Lipinski definition) is 9. The molecule has 11 heteroatoms. The number of non-ortho nitro benzene ring substituents is 1. The van der Waals surface area contributed by atoms with Crippen molar-refractivity contribution in [3.63, 3.8) is 0 Å². The van der Waals surface area contributed by atoms with Gasteiger partial charge in [0.1, 0.15) is 12.4 Å². The Morgan fingerprint density at radius 2 is 1.13 bits per heavy atom. The molecule has 1 rings (SSSR count). The van der Waals surface area contributed by atoms with E-state index in [1.165, 1.54) is 12.1 Å². The van der Waals surface area contributed by atoms with Crippen molar-refractivity contribution in [3.05, 3.63) is 34.4 Å². The summed E-state index contributed by atoms with van der Waals surface area (Å²) in [5.41, 5.74) is 0.0202. The third kappa shape index (κ3) is 14.7. The fourth-order valence-electron chi connectivity index (χ4n) is 2.02. The second-order valence-corrected chi connectivity index (χ2v) is 5.81. The highest BCUT2D eigenvalue weighted by molar-refractivity contribution is 5.66. The first-order valence-corrected chi connectivity index (χ1v) is 9.57. The summed E-state index contributed by atoms with van der Waals surface area (Å²) in [6.07, 6.45) is -0.00981. The lowest BCUT2D eigenvalue weighted by Crippen LogP contribution is -2.14. The van der Waals surface area contributed by atoms with Crippen molar-refractivity contribution in [1.82, 2.24) is 0 Å². The Hall–Kier alpha value is -2.31. The van der Waals surface area contributed by atoms with Gasteiger partial charge in [0.15, 0.2) is 0 Å². The minimum Gasteiger partial charge on any atom is -0.491 e. The summed E-state index contributed by atoms with van der Waals surface area (Å²) in [7, 11) is 0. The van der Waals surface area contributed by atoms with Gasteiger partial charge in [-0.05, 0) is 12.1 Å². The van der Waals surface area contributed by atoms with Crippen molar-refractivity contribution in [3.8, 4) is 5.75 Å². The molecule has 1 N–H and O–H groups in total. The van der Waals surface area contributed by atoms with Gasteiger partial charge in [-0.3, -0.25) is 14.9 Å². The third-order valence-electron chi connectivity index (χ3n) is 3.49. The number of hydrogen-bond donors (Lipinski definition) is 1. The number of aliphatic carboxylic acids is 1. The van der Waals surface area contributed by atoms with Gasteiger partial charge in [-0.2, -0.15) is 0 Å². The zero-order valence-electron chi connectivity index (χ0n) is 16.9. The Balaban J connectivity index is 1.77. The number of carbonyl (C=O) groups is 1. The van der Waals surface area contributed by atoms with E-state index in [0.717, 1.165) is 0 Å². The maximum Gasteiger partial charge on any atom is 0.305 e. The summed E-state index contributed by atoms with van der Waals surface area (Å²) >= 11 is 0. The van der Waals surface area contributed by atoms with Crippen LogP contribution >= 0.6 is 0 Å². The van der Waals surface area contributed by atoms with Gasteiger partial charge in [-0.25, -0.2) is 0 Å². The fourth-order valence-corrected chi connectivity index (χ4v) is 2.02. The van der Waals surface area contributed by atoms with Crippen molar-refractivity contribution in [2.45, 2.75) is 6.42 Å². The Labute approximate surface area is 174 Å². The van der Waals surface area contributed by atoms with E-state index in [1.807, 2.05) is 0 Å². The molecule has 170 valence electrons. The third-order valence-corrected chi connectivity index (χ3v) is 3.49. The largest absolute Gasteiger partial charge is 0.491 e. The molecular formula is C19H29NO10. The number of nitro benzene ring substituents is 1. The molecule has 0 aromatic heterocycles. The van der Waals surface area contributed by atoms with Crippen LogP contribution in [0, 0.1) is 10.1 Å². The second-order valence-electron chi connectivity index (χ2n) is 5.81. The number of rotatable bonds is 20. The van der Waals surface area contributed by atoms with Crippen molar-refractivity contribution >= 4 is 11.7 Å². The van der Waals surface area contributed by atoms with Crippen LogP contribution in [0.15, 0.2) is 24.3 Å². The molecule has 0 amide bonds. The van der Waals surface area contributed by atoms with Crippen LogP contribution in [0.5, 0.6) is 5.75 Å². The average Bonchev–Trinajstić information content (AvgIpc) is 2.73. The summed E-state index contributed by atoms with van der Waals surface area (Å²) in [5.74, 6) is -0.334. The first-order chi connectivity index (χ1) is 14.6. The molecule has 0 saturated heterocycles. The maximum absolute atomic E-state index is 10.6. The normalized spacial score (nSPS) is 10.8. The maximum atomic E-state index is 10.6. The van der Waals surface area contributed by atoms with E-state index in [9.17, 15) is 14.9 Å². The van der Waals surface area contributed by atoms with Crippen LogP contribution < -0.4 is 4.74 Å². The van der Waals surface area contributed by atoms with Crippen molar-refractivity contribution < 1.29 is 43.2 Å². The number of nitrogens with zero attached hydrogens (tertiary/aromatic N) is 1. The van der Waals surface area contributed by atoms with Crippen molar-refractivity contribution in [1.29, 1.82) is 0 Å². The minimum atomic E-state index is -0.883. The van der Waals surface area contributed by atoms with Crippen LogP contribution in [0.25, 0.3) is 0 Å². The number of nitro groups is 1. The average molecular weight is 431 g/mol. The molecule has 1 aromatic carbocycles. The van der Waals surface area contributed by atoms with E-state index in [0.29, 0.717) is 71.8 Å². The highest BCUT2D eigenvalue weighted by Gasteiger charge is 2.04. The van der Waals surface area contributed by atoms with Crippen molar-refractivity contribution in [2.24, 2.45) is 0 Å². The van der Waals surface area contributed by atoms with Gasteiger partial charge in [0.25, 0.3) is 5.69 Å². The fraction of sp³-hybridized carbons (Fsp3) is 0.632. The number of carboxylic acid groups (broad SMARTS) is 1. The predicted molar refractivity (Wildman–Crippen MR) is 105 cm³/mol.